The van der Waals surface area contributed by atoms with E-state index in [0.717, 1.165) is 37.3 Å². The van der Waals surface area contributed by atoms with Gasteiger partial charge in [0.15, 0.2) is 5.78 Å². The van der Waals surface area contributed by atoms with Crippen LogP contribution in [0.3, 0.4) is 0 Å². The third kappa shape index (κ3) is 3.53. The maximum absolute atomic E-state index is 13.3. The van der Waals surface area contributed by atoms with Crippen molar-refractivity contribution in [1.29, 1.82) is 0 Å². The number of hydrogen-bond acceptors (Lipinski definition) is 4. The number of rotatable bonds is 4. The van der Waals surface area contributed by atoms with E-state index in [2.05, 4.69) is 17.1 Å². The molecule has 0 atom stereocenters. The van der Waals surface area contributed by atoms with Crippen LogP contribution in [0.4, 0.5) is 10.1 Å². The first kappa shape index (κ1) is 18.6. The Balaban J connectivity index is 1.36. The molecule has 3 aliphatic heterocycles. The van der Waals surface area contributed by atoms with Crippen LogP contribution >= 0.6 is 11.6 Å². The van der Waals surface area contributed by atoms with Gasteiger partial charge in [-0.2, -0.15) is 0 Å². The summed E-state index contributed by atoms with van der Waals surface area (Å²) >= 11 is 5.83. The second-order valence-corrected chi connectivity index (χ2v) is 8.22. The summed E-state index contributed by atoms with van der Waals surface area (Å²) in [4.78, 5) is 22.2. The van der Waals surface area contributed by atoms with Gasteiger partial charge in [-0.1, -0.05) is 23.7 Å². The minimum absolute atomic E-state index is 0.0308. The minimum Gasteiger partial charge on any atom is -0.381 e. The fraction of sp³-hybridized carbons (Fsp3) is 0.348. The topological polar surface area (TPSA) is 51.0 Å². The molecule has 0 aliphatic carbocycles. The van der Waals surface area contributed by atoms with Crippen molar-refractivity contribution in [2.75, 3.05) is 13.2 Å². The average molecular weight is 411 g/mol. The third-order valence-electron chi connectivity index (χ3n) is 5.89. The number of hydrogen-bond donors (Lipinski definition) is 0. The number of benzene rings is 2. The SMILES string of the molecule is O=C(Cc1ccc(F)c(Cl)c1)C1=Nc2cc3c(cc2C1)CN=C3C1CCOCC1. The van der Waals surface area contributed by atoms with E-state index in [0.29, 0.717) is 30.2 Å². The number of ether oxygens (including phenoxy) is 1. The summed E-state index contributed by atoms with van der Waals surface area (Å²) in [5, 5.41) is 0.0308. The quantitative estimate of drug-likeness (QED) is 0.736. The van der Waals surface area contributed by atoms with Crippen LogP contribution in [0.2, 0.25) is 5.02 Å². The van der Waals surface area contributed by atoms with Crippen molar-refractivity contribution < 1.29 is 13.9 Å². The molecule has 0 aromatic heterocycles. The molecule has 2 aromatic rings. The number of carbonyl (C=O) groups is 1. The van der Waals surface area contributed by atoms with Crippen molar-refractivity contribution >= 4 is 34.5 Å². The molecule has 29 heavy (non-hydrogen) atoms. The maximum Gasteiger partial charge on any atom is 0.181 e. The van der Waals surface area contributed by atoms with Gasteiger partial charge < -0.3 is 4.74 Å². The summed E-state index contributed by atoms with van der Waals surface area (Å²) in [6.45, 7) is 2.27. The lowest BCUT2D eigenvalue weighted by molar-refractivity contribution is -0.112. The van der Waals surface area contributed by atoms with Crippen molar-refractivity contribution in [3.8, 4) is 0 Å². The van der Waals surface area contributed by atoms with Gasteiger partial charge in [0.25, 0.3) is 0 Å². The minimum atomic E-state index is -0.481. The molecular formula is C23H20ClFN2O2. The zero-order valence-corrected chi connectivity index (χ0v) is 16.6. The Kier molecular flexibility index (Phi) is 4.80. The lowest BCUT2D eigenvalue weighted by Crippen LogP contribution is -2.23. The Morgan fingerprint density at radius 1 is 1.17 bits per heavy atom. The number of fused-ring (bicyclic) bond motifs is 2. The molecule has 1 saturated heterocycles. The molecule has 3 aliphatic rings. The number of carbonyl (C=O) groups excluding carboxylic acids is 1. The van der Waals surface area contributed by atoms with E-state index in [-0.39, 0.29) is 17.2 Å². The number of nitrogens with zero attached hydrogens (tertiary/aromatic N) is 2. The zero-order chi connectivity index (χ0) is 20.0. The van der Waals surface area contributed by atoms with Gasteiger partial charge in [-0.3, -0.25) is 9.79 Å². The summed E-state index contributed by atoms with van der Waals surface area (Å²) < 4.78 is 18.8. The van der Waals surface area contributed by atoms with Gasteiger partial charge in [0.05, 0.1) is 23.0 Å². The molecule has 0 N–H and O–H groups in total. The Hall–Kier alpha value is -2.37. The van der Waals surface area contributed by atoms with Crippen LogP contribution in [0, 0.1) is 11.7 Å². The van der Waals surface area contributed by atoms with Gasteiger partial charge in [-0.25, -0.2) is 9.38 Å². The molecule has 0 saturated carbocycles. The largest absolute Gasteiger partial charge is 0.381 e. The molecule has 6 heteroatoms. The molecule has 4 nitrogen and oxygen atoms in total. The van der Waals surface area contributed by atoms with E-state index in [1.54, 1.807) is 6.07 Å². The van der Waals surface area contributed by atoms with Crippen LogP contribution in [0.15, 0.2) is 40.3 Å². The predicted octanol–water partition coefficient (Wildman–Crippen LogP) is 4.65. The van der Waals surface area contributed by atoms with E-state index in [9.17, 15) is 9.18 Å². The molecule has 2 aromatic carbocycles. The molecule has 3 heterocycles. The average Bonchev–Trinajstić information content (AvgIpc) is 3.33. The monoisotopic (exact) mass is 410 g/mol. The van der Waals surface area contributed by atoms with Crippen LogP contribution in [-0.2, 0) is 28.9 Å². The van der Waals surface area contributed by atoms with E-state index in [1.807, 2.05) is 0 Å². The molecule has 148 valence electrons. The van der Waals surface area contributed by atoms with E-state index in [1.165, 1.54) is 29.0 Å². The first-order valence-corrected chi connectivity index (χ1v) is 10.3. The fourth-order valence-corrected chi connectivity index (χ4v) is 4.54. The van der Waals surface area contributed by atoms with Crippen LogP contribution in [0.5, 0.6) is 0 Å². The first-order valence-electron chi connectivity index (χ1n) is 9.91. The van der Waals surface area contributed by atoms with Crippen LogP contribution < -0.4 is 0 Å². The standard InChI is InChI=1S/C23H20ClFN2O2/c24-18-7-13(1-2-19(18)25)8-22(28)21-10-15-9-16-12-26-23(14-3-5-29-6-4-14)17(16)11-20(15)27-21/h1-2,7,9,11,14H,3-6,8,10,12H2. The molecule has 0 spiro atoms. The van der Waals surface area contributed by atoms with Gasteiger partial charge in [0.2, 0.25) is 0 Å². The zero-order valence-electron chi connectivity index (χ0n) is 15.9. The lowest BCUT2D eigenvalue weighted by Gasteiger charge is -2.22. The van der Waals surface area contributed by atoms with E-state index < -0.39 is 5.82 Å². The third-order valence-corrected chi connectivity index (χ3v) is 6.18. The number of Topliss-reactive ketones (excluding diaryl/α,β-unsaturated/α-hetero) is 1. The Labute approximate surface area is 173 Å². The van der Waals surface area contributed by atoms with Crippen LogP contribution in [-0.4, -0.2) is 30.4 Å². The summed E-state index contributed by atoms with van der Waals surface area (Å²) in [6.07, 6.45) is 2.70. The van der Waals surface area contributed by atoms with Gasteiger partial charge in [-0.15, -0.1) is 0 Å². The molecular weight excluding hydrogens is 391 g/mol. The van der Waals surface area contributed by atoms with Gasteiger partial charge >= 0.3 is 0 Å². The normalized spacial score (nSPS) is 18.3. The highest BCUT2D eigenvalue weighted by molar-refractivity contribution is 6.42. The van der Waals surface area contributed by atoms with Crippen molar-refractivity contribution in [2.45, 2.75) is 32.2 Å². The van der Waals surface area contributed by atoms with Gasteiger partial charge in [0, 0.05) is 43.2 Å². The lowest BCUT2D eigenvalue weighted by atomic mass is 9.88. The number of aliphatic imine (C=N–C) groups is 2. The van der Waals surface area contributed by atoms with Crippen molar-refractivity contribution in [3.05, 3.63) is 63.4 Å². The highest BCUT2D eigenvalue weighted by Crippen LogP contribution is 2.36. The predicted molar refractivity (Wildman–Crippen MR) is 111 cm³/mol. The second-order valence-electron chi connectivity index (χ2n) is 7.81. The summed E-state index contributed by atoms with van der Waals surface area (Å²) in [6, 6.07) is 8.63. The second kappa shape index (κ2) is 7.47. The fourth-order valence-electron chi connectivity index (χ4n) is 4.34. The highest BCUT2D eigenvalue weighted by Gasteiger charge is 2.29. The van der Waals surface area contributed by atoms with Crippen molar-refractivity contribution in [3.63, 3.8) is 0 Å². The smallest absolute Gasteiger partial charge is 0.181 e. The van der Waals surface area contributed by atoms with E-state index >= 15 is 0 Å². The maximum atomic E-state index is 13.3. The van der Waals surface area contributed by atoms with Gasteiger partial charge in [-0.05, 0) is 47.7 Å². The Morgan fingerprint density at radius 3 is 2.79 bits per heavy atom. The molecule has 0 unspecified atom stereocenters. The Bertz CT molecular complexity index is 1070. The highest BCUT2D eigenvalue weighted by atomic mass is 35.5. The van der Waals surface area contributed by atoms with Crippen LogP contribution in [0.25, 0.3) is 0 Å². The Morgan fingerprint density at radius 2 is 2.00 bits per heavy atom. The molecule has 1 fully saturated rings. The van der Waals surface area contributed by atoms with Crippen molar-refractivity contribution in [2.24, 2.45) is 15.9 Å². The molecule has 0 amide bonds. The summed E-state index contributed by atoms with van der Waals surface area (Å²) in [7, 11) is 0. The van der Waals surface area contributed by atoms with E-state index in [4.69, 9.17) is 21.3 Å². The number of ketones is 1. The first-order chi connectivity index (χ1) is 14.1. The molecule has 0 bridgehead atoms. The summed E-state index contributed by atoms with van der Waals surface area (Å²) in [5.41, 5.74) is 6.75. The summed E-state index contributed by atoms with van der Waals surface area (Å²) in [5.74, 6) is -0.0925. The molecule has 0 radical (unpaired) electrons. The van der Waals surface area contributed by atoms with Crippen molar-refractivity contribution in [1.82, 2.24) is 0 Å². The van der Waals surface area contributed by atoms with Gasteiger partial charge in [0.1, 0.15) is 5.82 Å². The molecule has 5 rings (SSSR count). The number of halogens is 2. The van der Waals surface area contributed by atoms with Crippen LogP contribution in [0.1, 0.15) is 35.1 Å².